The van der Waals surface area contributed by atoms with E-state index in [1.807, 2.05) is 5.38 Å². The van der Waals surface area contributed by atoms with Crippen LogP contribution in [0.2, 0.25) is 0 Å². The molecule has 0 aliphatic rings. The predicted octanol–water partition coefficient (Wildman–Crippen LogP) is 4.83. The summed E-state index contributed by atoms with van der Waals surface area (Å²) < 4.78 is 4.98. The average Bonchev–Trinajstić information content (AvgIpc) is 3.24. The fraction of sp³-hybridized carbons (Fsp3) is 0.348. The second-order valence-electron chi connectivity index (χ2n) is 7.21. The van der Waals surface area contributed by atoms with Gasteiger partial charge in [-0.2, -0.15) is 0 Å². The van der Waals surface area contributed by atoms with Crippen molar-refractivity contribution in [3.63, 3.8) is 0 Å². The lowest BCUT2D eigenvalue weighted by Crippen LogP contribution is -2.21. The van der Waals surface area contributed by atoms with Crippen molar-refractivity contribution in [2.45, 2.75) is 46.0 Å². The maximum absolute atomic E-state index is 12.1. The molecule has 0 fully saturated rings. The molecular weight excluding hydrogens is 412 g/mol. The minimum Gasteiger partial charge on any atom is -0.451 e. The summed E-state index contributed by atoms with van der Waals surface area (Å²) in [6.07, 6.45) is 8.87. The monoisotopic (exact) mass is 438 g/mol. The molecule has 2 heterocycles. The first-order chi connectivity index (χ1) is 15.0. The van der Waals surface area contributed by atoms with E-state index in [2.05, 4.69) is 51.5 Å². The van der Waals surface area contributed by atoms with Crippen LogP contribution in [0.4, 0.5) is 5.13 Å². The van der Waals surface area contributed by atoms with E-state index in [4.69, 9.17) is 4.74 Å². The third-order valence-corrected chi connectivity index (χ3v) is 5.40. The smallest absolute Gasteiger partial charge is 0.359 e. The van der Waals surface area contributed by atoms with Gasteiger partial charge in [-0.05, 0) is 25.3 Å². The van der Waals surface area contributed by atoms with Crippen molar-refractivity contribution in [3.05, 3.63) is 59.0 Å². The molecule has 0 radical (unpaired) electrons. The van der Waals surface area contributed by atoms with Crippen LogP contribution in [-0.2, 0) is 16.0 Å². The molecule has 0 unspecified atom stereocenters. The molecule has 1 amide bonds. The Bertz CT molecular complexity index is 1000. The highest BCUT2D eigenvalue weighted by Crippen LogP contribution is 2.25. The number of esters is 1. The number of rotatable bonds is 10. The SMILES string of the molecule is CCCCCCc1ccc(-c2csc(NC(=O)COC(=O)c3cnc(C)cn3)n2)cc1. The number of ether oxygens (including phenoxy) is 1. The fourth-order valence-electron chi connectivity index (χ4n) is 2.92. The third-order valence-electron chi connectivity index (χ3n) is 4.64. The van der Waals surface area contributed by atoms with E-state index in [-0.39, 0.29) is 5.69 Å². The normalized spacial score (nSPS) is 10.6. The molecule has 0 aliphatic carbocycles. The van der Waals surface area contributed by atoms with E-state index in [9.17, 15) is 9.59 Å². The Hall–Kier alpha value is -3.13. The molecule has 0 aliphatic heterocycles. The number of amides is 1. The molecule has 3 rings (SSSR count). The molecule has 0 atom stereocenters. The number of hydrogen-bond donors (Lipinski definition) is 1. The van der Waals surface area contributed by atoms with Crippen LogP contribution in [0, 0.1) is 6.92 Å². The van der Waals surface area contributed by atoms with Crippen LogP contribution >= 0.6 is 11.3 Å². The summed E-state index contributed by atoms with van der Waals surface area (Å²) in [6, 6.07) is 8.37. The first-order valence-corrected chi connectivity index (χ1v) is 11.2. The second-order valence-corrected chi connectivity index (χ2v) is 8.07. The van der Waals surface area contributed by atoms with Gasteiger partial charge in [-0.15, -0.1) is 11.3 Å². The summed E-state index contributed by atoms with van der Waals surface area (Å²) >= 11 is 1.32. The Labute approximate surface area is 185 Å². The van der Waals surface area contributed by atoms with Gasteiger partial charge in [0, 0.05) is 17.1 Å². The van der Waals surface area contributed by atoms with E-state index in [0.717, 1.165) is 17.7 Å². The van der Waals surface area contributed by atoms with Gasteiger partial charge in [0.2, 0.25) is 0 Å². The van der Waals surface area contributed by atoms with Gasteiger partial charge >= 0.3 is 5.97 Å². The first kappa shape index (κ1) is 22.6. The van der Waals surface area contributed by atoms with Gasteiger partial charge < -0.3 is 4.74 Å². The molecule has 31 heavy (non-hydrogen) atoms. The van der Waals surface area contributed by atoms with Gasteiger partial charge in [0.25, 0.3) is 5.91 Å². The van der Waals surface area contributed by atoms with Crippen molar-refractivity contribution in [3.8, 4) is 11.3 Å². The van der Waals surface area contributed by atoms with Gasteiger partial charge in [0.05, 0.1) is 17.6 Å². The summed E-state index contributed by atoms with van der Waals surface area (Å²) in [5, 5.41) is 5.00. The maximum atomic E-state index is 12.1. The van der Waals surface area contributed by atoms with Crippen molar-refractivity contribution < 1.29 is 14.3 Å². The number of nitrogens with zero attached hydrogens (tertiary/aromatic N) is 3. The summed E-state index contributed by atoms with van der Waals surface area (Å²) in [6.45, 7) is 3.56. The van der Waals surface area contributed by atoms with Crippen LogP contribution < -0.4 is 5.32 Å². The number of thiazole rings is 1. The molecule has 7 nitrogen and oxygen atoms in total. The Balaban J connectivity index is 1.48. The van der Waals surface area contributed by atoms with Gasteiger partial charge in [0.15, 0.2) is 17.4 Å². The molecule has 1 aromatic carbocycles. The molecule has 8 heteroatoms. The minimum atomic E-state index is -0.697. The fourth-order valence-corrected chi connectivity index (χ4v) is 3.66. The third kappa shape index (κ3) is 6.96. The topological polar surface area (TPSA) is 94.1 Å². The Morgan fingerprint density at radius 1 is 1.06 bits per heavy atom. The van der Waals surface area contributed by atoms with E-state index in [0.29, 0.717) is 10.8 Å². The van der Waals surface area contributed by atoms with Gasteiger partial charge in [-0.1, -0.05) is 50.5 Å². The minimum absolute atomic E-state index is 0.0590. The number of nitrogens with one attached hydrogen (secondary N) is 1. The van der Waals surface area contributed by atoms with Gasteiger partial charge in [0.1, 0.15) is 0 Å². The molecule has 0 bridgehead atoms. The molecule has 0 spiro atoms. The average molecular weight is 439 g/mol. The van der Waals surface area contributed by atoms with Crippen molar-refractivity contribution in [1.29, 1.82) is 0 Å². The summed E-state index contributed by atoms with van der Waals surface area (Å²) in [5.74, 6) is -1.16. The Morgan fingerprint density at radius 3 is 2.58 bits per heavy atom. The molecule has 1 N–H and O–H groups in total. The van der Waals surface area contributed by atoms with E-state index in [1.54, 1.807) is 6.92 Å². The highest BCUT2D eigenvalue weighted by atomic mass is 32.1. The van der Waals surface area contributed by atoms with E-state index in [1.165, 1.54) is 55.0 Å². The van der Waals surface area contributed by atoms with Crippen molar-refractivity contribution in [2.24, 2.45) is 0 Å². The summed E-state index contributed by atoms with van der Waals surface area (Å²) in [5.41, 5.74) is 3.87. The number of carbonyl (C=O) groups excluding carboxylic acids is 2. The van der Waals surface area contributed by atoms with Crippen molar-refractivity contribution >= 4 is 28.3 Å². The van der Waals surface area contributed by atoms with Gasteiger partial charge in [-0.25, -0.2) is 14.8 Å². The first-order valence-electron chi connectivity index (χ1n) is 10.4. The predicted molar refractivity (Wildman–Crippen MR) is 121 cm³/mol. The maximum Gasteiger partial charge on any atom is 0.359 e. The number of aryl methyl sites for hydroxylation is 2. The molecule has 3 aromatic rings. The zero-order chi connectivity index (χ0) is 22.1. The lowest BCUT2D eigenvalue weighted by Gasteiger charge is -2.04. The van der Waals surface area contributed by atoms with Crippen LogP contribution in [0.15, 0.2) is 42.0 Å². The van der Waals surface area contributed by atoms with Crippen molar-refractivity contribution in [2.75, 3.05) is 11.9 Å². The number of benzene rings is 1. The van der Waals surface area contributed by atoms with Crippen LogP contribution in [0.5, 0.6) is 0 Å². The van der Waals surface area contributed by atoms with Gasteiger partial charge in [-0.3, -0.25) is 15.1 Å². The lowest BCUT2D eigenvalue weighted by atomic mass is 10.0. The largest absolute Gasteiger partial charge is 0.451 e. The molecule has 2 aromatic heterocycles. The quantitative estimate of drug-likeness (QED) is 0.360. The van der Waals surface area contributed by atoms with Crippen LogP contribution in [0.25, 0.3) is 11.3 Å². The number of unbranched alkanes of at least 4 members (excludes halogenated alkanes) is 3. The van der Waals surface area contributed by atoms with E-state index >= 15 is 0 Å². The van der Waals surface area contributed by atoms with Crippen LogP contribution in [0.3, 0.4) is 0 Å². The van der Waals surface area contributed by atoms with Crippen molar-refractivity contribution in [1.82, 2.24) is 15.0 Å². The van der Waals surface area contributed by atoms with Crippen LogP contribution in [-0.4, -0.2) is 33.4 Å². The zero-order valence-corrected chi connectivity index (χ0v) is 18.6. The number of anilines is 1. The van der Waals surface area contributed by atoms with E-state index < -0.39 is 18.5 Å². The number of carbonyl (C=O) groups is 2. The number of aromatic nitrogens is 3. The summed E-state index contributed by atoms with van der Waals surface area (Å²) in [7, 11) is 0. The standard InChI is InChI=1S/C23H26N4O3S/c1-3-4-5-6-7-17-8-10-18(11-9-17)20-15-31-23(26-20)27-21(28)14-30-22(29)19-13-24-16(2)12-25-19/h8-13,15H,3-7,14H2,1-2H3,(H,26,27,28). The molecule has 0 saturated carbocycles. The highest BCUT2D eigenvalue weighted by Gasteiger charge is 2.13. The highest BCUT2D eigenvalue weighted by molar-refractivity contribution is 7.14. The lowest BCUT2D eigenvalue weighted by molar-refractivity contribution is -0.119. The Morgan fingerprint density at radius 2 is 1.87 bits per heavy atom. The molecular formula is C23H26N4O3S. The Kier molecular flexibility index (Phi) is 8.23. The van der Waals surface area contributed by atoms with Crippen LogP contribution in [0.1, 0.15) is 54.4 Å². The zero-order valence-electron chi connectivity index (χ0n) is 17.8. The number of hydrogen-bond acceptors (Lipinski definition) is 7. The molecule has 0 saturated heterocycles. The second kappa shape index (κ2) is 11.3. The molecule has 162 valence electrons. The summed E-state index contributed by atoms with van der Waals surface area (Å²) in [4.78, 5) is 36.4.